The van der Waals surface area contributed by atoms with Gasteiger partial charge < -0.3 is 9.88 Å². The quantitative estimate of drug-likeness (QED) is 0.293. The number of carbonyl (C=O) groups is 1. The zero-order valence-corrected chi connectivity index (χ0v) is 19.8. The highest BCUT2D eigenvalue weighted by atomic mass is 35.5. The summed E-state index contributed by atoms with van der Waals surface area (Å²) in [5, 5.41) is 0.689. The summed E-state index contributed by atoms with van der Waals surface area (Å²) in [4.78, 5) is 26.5. The highest BCUT2D eigenvalue weighted by molar-refractivity contribution is 7.99. The molecule has 9 heteroatoms. The van der Waals surface area contributed by atoms with Gasteiger partial charge in [-0.2, -0.15) is 0 Å². The van der Waals surface area contributed by atoms with Crippen LogP contribution in [0.3, 0.4) is 0 Å². The van der Waals surface area contributed by atoms with E-state index in [2.05, 4.69) is 15.0 Å². The van der Waals surface area contributed by atoms with Crippen molar-refractivity contribution in [1.82, 2.24) is 15.0 Å². The number of carbonyl (C=O) groups excluding carboxylic acids is 1. The van der Waals surface area contributed by atoms with Gasteiger partial charge in [0.1, 0.15) is 17.3 Å². The fourth-order valence-electron chi connectivity index (χ4n) is 3.38. The molecule has 1 amide bonds. The second-order valence-electron chi connectivity index (χ2n) is 7.62. The molecular formula is C25H21ClF2N4OS. The number of aromatic nitrogens is 3. The third-order valence-corrected chi connectivity index (χ3v) is 6.26. The van der Waals surface area contributed by atoms with Crippen LogP contribution in [0.25, 0.3) is 0 Å². The van der Waals surface area contributed by atoms with E-state index in [9.17, 15) is 13.6 Å². The predicted octanol–water partition coefficient (Wildman–Crippen LogP) is 6.23. The van der Waals surface area contributed by atoms with Crippen LogP contribution in [0.4, 0.5) is 14.5 Å². The van der Waals surface area contributed by atoms with Crippen molar-refractivity contribution in [3.8, 4) is 0 Å². The van der Waals surface area contributed by atoms with Crippen molar-refractivity contribution >= 4 is 35.0 Å². The Kier molecular flexibility index (Phi) is 7.59. The Labute approximate surface area is 205 Å². The standard InChI is InChI=1S/C25H21ClF2N4OS/c1-16-12-18(8-10-29-16)15-32(20-5-3-19(27)4-6-20)24(33)23-14-30-25(31-23)34-11-9-17-2-7-22(28)21(26)13-17/h2-8,10,12-14H,9,11,15H2,1H3,(H,30,31). The number of nitrogens with zero attached hydrogens (tertiary/aromatic N) is 3. The number of amides is 1. The Morgan fingerprint density at radius 1 is 1.06 bits per heavy atom. The summed E-state index contributed by atoms with van der Waals surface area (Å²) in [6.07, 6.45) is 3.85. The van der Waals surface area contributed by atoms with Gasteiger partial charge >= 0.3 is 0 Å². The molecule has 34 heavy (non-hydrogen) atoms. The number of imidazole rings is 1. The molecule has 4 aromatic rings. The molecule has 0 aliphatic heterocycles. The molecule has 174 valence electrons. The molecule has 0 saturated heterocycles. The van der Waals surface area contributed by atoms with E-state index in [1.165, 1.54) is 36.2 Å². The van der Waals surface area contributed by atoms with E-state index in [1.54, 1.807) is 35.4 Å². The van der Waals surface area contributed by atoms with Gasteiger partial charge in [0, 0.05) is 23.3 Å². The Balaban J connectivity index is 1.47. The highest BCUT2D eigenvalue weighted by Gasteiger charge is 2.21. The summed E-state index contributed by atoms with van der Waals surface area (Å²) in [6.45, 7) is 2.17. The van der Waals surface area contributed by atoms with Crippen molar-refractivity contribution in [2.75, 3.05) is 10.7 Å². The molecule has 2 aromatic carbocycles. The van der Waals surface area contributed by atoms with Crippen LogP contribution >= 0.6 is 23.4 Å². The molecule has 0 saturated carbocycles. The molecule has 2 aromatic heterocycles. The number of rotatable bonds is 8. The van der Waals surface area contributed by atoms with E-state index in [0.717, 1.165) is 16.8 Å². The van der Waals surface area contributed by atoms with Crippen LogP contribution in [0.2, 0.25) is 5.02 Å². The summed E-state index contributed by atoms with van der Waals surface area (Å²) >= 11 is 7.28. The van der Waals surface area contributed by atoms with E-state index < -0.39 is 5.82 Å². The molecule has 0 fully saturated rings. The largest absolute Gasteiger partial charge is 0.329 e. The molecule has 0 radical (unpaired) electrons. The van der Waals surface area contributed by atoms with Gasteiger partial charge in [0.25, 0.3) is 5.91 Å². The van der Waals surface area contributed by atoms with Crippen molar-refractivity contribution in [1.29, 1.82) is 0 Å². The summed E-state index contributed by atoms with van der Waals surface area (Å²) in [7, 11) is 0. The monoisotopic (exact) mass is 498 g/mol. The molecule has 5 nitrogen and oxygen atoms in total. The molecule has 4 rings (SSSR count). The molecule has 1 N–H and O–H groups in total. The second-order valence-corrected chi connectivity index (χ2v) is 9.11. The van der Waals surface area contributed by atoms with Gasteiger partial charge in [-0.1, -0.05) is 29.4 Å². The first-order chi connectivity index (χ1) is 16.4. The average Bonchev–Trinajstić information content (AvgIpc) is 3.29. The molecule has 2 heterocycles. The van der Waals surface area contributed by atoms with Gasteiger partial charge in [-0.25, -0.2) is 13.8 Å². The zero-order valence-electron chi connectivity index (χ0n) is 18.3. The van der Waals surface area contributed by atoms with E-state index in [1.807, 2.05) is 19.1 Å². The summed E-state index contributed by atoms with van der Waals surface area (Å²) < 4.78 is 26.8. The van der Waals surface area contributed by atoms with E-state index in [4.69, 9.17) is 11.6 Å². The third-order valence-electron chi connectivity index (χ3n) is 5.08. The fourth-order valence-corrected chi connectivity index (χ4v) is 4.42. The highest BCUT2D eigenvalue weighted by Crippen LogP contribution is 2.23. The normalized spacial score (nSPS) is 10.9. The Bertz CT molecular complexity index is 1300. The zero-order chi connectivity index (χ0) is 24.1. The number of thioether (sulfide) groups is 1. The molecule has 0 atom stereocenters. The van der Waals surface area contributed by atoms with E-state index >= 15 is 0 Å². The van der Waals surface area contributed by atoms with Gasteiger partial charge in [-0.3, -0.25) is 9.78 Å². The van der Waals surface area contributed by atoms with Crippen LogP contribution in [-0.4, -0.2) is 26.6 Å². The summed E-state index contributed by atoms with van der Waals surface area (Å²) in [5.41, 5.74) is 3.54. The predicted molar refractivity (Wildman–Crippen MR) is 130 cm³/mol. The Hall–Kier alpha value is -3.23. The number of H-pyrrole nitrogens is 1. The maximum Gasteiger partial charge on any atom is 0.276 e. The first-order valence-corrected chi connectivity index (χ1v) is 11.9. The Morgan fingerprint density at radius 3 is 2.59 bits per heavy atom. The number of halogens is 3. The minimum absolute atomic E-state index is 0.0960. The average molecular weight is 499 g/mol. The van der Waals surface area contributed by atoms with Crippen molar-refractivity contribution in [3.05, 3.63) is 106 Å². The molecule has 0 spiro atoms. The molecule has 0 unspecified atom stereocenters. The van der Waals surface area contributed by atoms with Crippen molar-refractivity contribution < 1.29 is 13.6 Å². The molecule has 0 aliphatic rings. The fraction of sp³-hybridized carbons (Fsp3) is 0.160. The number of nitrogens with one attached hydrogen (secondary N) is 1. The number of pyridine rings is 1. The summed E-state index contributed by atoms with van der Waals surface area (Å²) in [6, 6.07) is 14.2. The van der Waals surface area contributed by atoms with Gasteiger partial charge in [0.05, 0.1) is 17.8 Å². The molecular weight excluding hydrogens is 478 g/mol. The lowest BCUT2D eigenvalue weighted by molar-refractivity contribution is 0.0980. The topological polar surface area (TPSA) is 61.9 Å². The summed E-state index contributed by atoms with van der Waals surface area (Å²) in [5.74, 6) is -0.439. The first-order valence-electron chi connectivity index (χ1n) is 10.5. The maximum absolute atomic E-state index is 13.5. The van der Waals surface area contributed by atoms with Crippen LogP contribution in [0.1, 0.15) is 27.3 Å². The smallest absolute Gasteiger partial charge is 0.276 e. The number of aromatic amines is 1. The van der Waals surface area contributed by atoms with Crippen molar-refractivity contribution in [2.24, 2.45) is 0 Å². The van der Waals surface area contributed by atoms with Gasteiger partial charge in [0.2, 0.25) is 0 Å². The molecule has 0 bridgehead atoms. The number of hydrogen-bond donors (Lipinski definition) is 1. The van der Waals surface area contributed by atoms with Gasteiger partial charge in [-0.05, 0) is 73.0 Å². The SMILES string of the molecule is Cc1cc(CN(C(=O)c2cnc(SCCc3ccc(F)c(Cl)c3)[nH]2)c2ccc(F)cc2)ccn1. The number of aryl methyl sites for hydroxylation is 2. The van der Waals surface area contributed by atoms with Crippen LogP contribution in [0.15, 0.2) is 72.1 Å². The van der Waals surface area contributed by atoms with Crippen LogP contribution in [0, 0.1) is 18.6 Å². The van der Waals surface area contributed by atoms with Crippen LogP contribution in [0.5, 0.6) is 0 Å². The van der Waals surface area contributed by atoms with Crippen LogP contribution < -0.4 is 4.90 Å². The minimum Gasteiger partial charge on any atom is -0.329 e. The molecule has 0 aliphatic carbocycles. The van der Waals surface area contributed by atoms with Crippen molar-refractivity contribution in [3.63, 3.8) is 0 Å². The number of benzene rings is 2. The lowest BCUT2D eigenvalue weighted by Gasteiger charge is -2.22. The van der Waals surface area contributed by atoms with Crippen molar-refractivity contribution in [2.45, 2.75) is 25.0 Å². The lowest BCUT2D eigenvalue weighted by Crippen LogP contribution is -2.30. The van der Waals surface area contributed by atoms with Gasteiger partial charge in [-0.15, -0.1) is 0 Å². The Morgan fingerprint density at radius 2 is 1.85 bits per heavy atom. The lowest BCUT2D eigenvalue weighted by atomic mass is 10.2. The van der Waals surface area contributed by atoms with Crippen LogP contribution in [-0.2, 0) is 13.0 Å². The van der Waals surface area contributed by atoms with E-state index in [-0.39, 0.29) is 16.7 Å². The maximum atomic E-state index is 13.5. The minimum atomic E-state index is -0.445. The third kappa shape index (κ3) is 6.01. The number of anilines is 1. The first kappa shape index (κ1) is 23.9. The number of hydrogen-bond acceptors (Lipinski definition) is 4. The van der Waals surface area contributed by atoms with Gasteiger partial charge in [0.15, 0.2) is 5.16 Å². The second kappa shape index (κ2) is 10.8. The van der Waals surface area contributed by atoms with E-state index in [0.29, 0.717) is 35.3 Å².